The summed E-state index contributed by atoms with van der Waals surface area (Å²) in [7, 11) is 0. The van der Waals surface area contributed by atoms with Crippen LogP contribution in [0.25, 0.3) is 17.2 Å². The zero-order chi connectivity index (χ0) is 11.9. The van der Waals surface area contributed by atoms with Crippen molar-refractivity contribution in [2.75, 3.05) is 0 Å². The number of hydrogen-bond donors (Lipinski definition) is 0. The fraction of sp³-hybridized carbons (Fsp3) is 0. The van der Waals surface area contributed by atoms with E-state index in [1.165, 1.54) is 6.08 Å². The van der Waals surface area contributed by atoms with Gasteiger partial charge in [0.25, 0.3) is 0 Å². The van der Waals surface area contributed by atoms with Gasteiger partial charge in [0.05, 0.1) is 0 Å². The Kier molecular flexibility index (Phi) is 2.27. The minimum Gasteiger partial charge on any atom is -0.285 e. The SMILES string of the molecule is C=Cc1c(-c2ccc(F)cc2F)c(=O)c1=O. The molecule has 0 heterocycles. The lowest BCUT2D eigenvalue weighted by atomic mass is 9.94. The van der Waals surface area contributed by atoms with Crippen molar-refractivity contribution in [1.29, 1.82) is 0 Å². The molecule has 2 aromatic rings. The predicted molar refractivity (Wildman–Crippen MR) is 56.8 cm³/mol. The zero-order valence-electron chi connectivity index (χ0n) is 8.09. The van der Waals surface area contributed by atoms with Gasteiger partial charge in [-0.25, -0.2) is 8.78 Å². The first-order valence-corrected chi connectivity index (χ1v) is 4.47. The maximum Gasteiger partial charge on any atom is 0.235 e. The summed E-state index contributed by atoms with van der Waals surface area (Å²) in [6, 6.07) is 2.83. The van der Waals surface area contributed by atoms with Crippen molar-refractivity contribution in [3.63, 3.8) is 0 Å². The molecule has 2 nitrogen and oxygen atoms in total. The summed E-state index contributed by atoms with van der Waals surface area (Å²) in [5.41, 5.74) is -1.47. The minimum absolute atomic E-state index is 0.0301. The maximum atomic E-state index is 13.4. The molecule has 0 N–H and O–H groups in total. The Labute approximate surface area is 89.2 Å². The summed E-state index contributed by atoms with van der Waals surface area (Å²) < 4.78 is 26.0. The Balaban J connectivity index is 2.69. The molecular weight excluding hydrogens is 214 g/mol. The van der Waals surface area contributed by atoms with Crippen molar-refractivity contribution in [3.05, 3.63) is 62.4 Å². The third kappa shape index (κ3) is 1.31. The van der Waals surface area contributed by atoms with Crippen molar-refractivity contribution in [3.8, 4) is 11.1 Å². The van der Waals surface area contributed by atoms with Gasteiger partial charge in [0.1, 0.15) is 11.6 Å². The third-order valence-corrected chi connectivity index (χ3v) is 2.35. The van der Waals surface area contributed by atoms with Crippen molar-refractivity contribution in [1.82, 2.24) is 0 Å². The van der Waals surface area contributed by atoms with Crippen LogP contribution in [0.2, 0.25) is 0 Å². The first kappa shape index (κ1) is 10.4. The van der Waals surface area contributed by atoms with Gasteiger partial charge in [-0.2, -0.15) is 0 Å². The maximum absolute atomic E-state index is 13.4. The predicted octanol–water partition coefficient (Wildman–Crippen LogP) is 1.87. The van der Waals surface area contributed by atoms with Gasteiger partial charge in [0.2, 0.25) is 10.9 Å². The summed E-state index contributed by atoms with van der Waals surface area (Å²) in [5, 5.41) is 0. The summed E-state index contributed by atoms with van der Waals surface area (Å²) in [6.45, 7) is 3.36. The second-order valence-corrected chi connectivity index (χ2v) is 3.28. The summed E-state index contributed by atoms with van der Waals surface area (Å²) in [5.74, 6) is -1.60. The van der Waals surface area contributed by atoms with Crippen LogP contribution in [0.3, 0.4) is 0 Å². The van der Waals surface area contributed by atoms with Crippen LogP contribution in [-0.4, -0.2) is 0 Å². The highest BCUT2D eigenvalue weighted by atomic mass is 19.1. The van der Waals surface area contributed by atoms with Crippen molar-refractivity contribution in [2.24, 2.45) is 0 Å². The molecule has 0 saturated carbocycles. The molecule has 2 rings (SSSR count). The molecule has 0 aromatic heterocycles. The highest BCUT2D eigenvalue weighted by Gasteiger charge is 2.22. The van der Waals surface area contributed by atoms with Crippen LogP contribution in [0, 0.1) is 11.6 Å². The fourth-order valence-electron chi connectivity index (χ4n) is 1.56. The molecular formula is C12H6F2O2. The smallest absolute Gasteiger partial charge is 0.235 e. The number of hydrogen-bond acceptors (Lipinski definition) is 2. The van der Waals surface area contributed by atoms with E-state index in [0.717, 1.165) is 12.1 Å². The molecule has 0 spiro atoms. The topological polar surface area (TPSA) is 34.1 Å². The second kappa shape index (κ2) is 3.48. The lowest BCUT2D eigenvalue weighted by Gasteiger charge is -2.08. The van der Waals surface area contributed by atoms with E-state index in [2.05, 4.69) is 6.58 Å². The Morgan fingerprint density at radius 1 is 1.12 bits per heavy atom. The van der Waals surface area contributed by atoms with Gasteiger partial charge in [-0.05, 0) is 12.1 Å². The van der Waals surface area contributed by atoms with E-state index in [-0.39, 0.29) is 16.7 Å². The van der Waals surface area contributed by atoms with E-state index in [1.807, 2.05) is 0 Å². The van der Waals surface area contributed by atoms with Crippen LogP contribution < -0.4 is 10.9 Å². The van der Waals surface area contributed by atoms with Crippen LogP contribution in [0.15, 0.2) is 34.4 Å². The van der Waals surface area contributed by atoms with E-state index in [4.69, 9.17) is 0 Å². The van der Waals surface area contributed by atoms with Gasteiger partial charge in [-0.15, -0.1) is 0 Å². The highest BCUT2D eigenvalue weighted by Crippen LogP contribution is 2.23. The molecule has 0 unspecified atom stereocenters. The quantitative estimate of drug-likeness (QED) is 0.724. The lowest BCUT2D eigenvalue weighted by molar-refractivity contribution is 0.585. The molecule has 4 heteroatoms. The monoisotopic (exact) mass is 220 g/mol. The van der Waals surface area contributed by atoms with Gasteiger partial charge in [0.15, 0.2) is 0 Å². The molecule has 0 saturated heterocycles. The molecule has 0 fully saturated rings. The molecule has 0 aliphatic heterocycles. The third-order valence-electron chi connectivity index (χ3n) is 2.35. The van der Waals surface area contributed by atoms with Gasteiger partial charge in [-0.3, -0.25) is 9.59 Å². The first-order valence-electron chi connectivity index (χ1n) is 4.47. The molecule has 2 aromatic carbocycles. The van der Waals surface area contributed by atoms with Crippen LogP contribution in [0.5, 0.6) is 0 Å². The molecule has 0 radical (unpaired) electrons. The average Bonchev–Trinajstić information content (AvgIpc) is 2.26. The number of rotatable bonds is 2. The molecule has 0 amide bonds. The van der Waals surface area contributed by atoms with Gasteiger partial charge in [-0.1, -0.05) is 12.7 Å². The normalized spacial score (nSPS) is 10.6. The standard InChI is InChI=1S/C12H6F2O2/c1-2-7-10(12(16)11(7)15)8-4-3-6(13)5-9(8)14/h2-5H,1H2. The summed E-state index contributed by atoms with van der Waals surface area (Å²) in [6.07, 6.45) is 1.20. The second-order valence-electron chi connectivity index (χ2n) is 3.28. The van der Waals surface area contributed by atoms with E-state index < -0.39 is 22.5 Å². The van der Waals surface area contributed by atoms with Gasteiger partial charge >= 0.3 is 0 Å². The van der Waals surface area contributed by atoms with Crippen LogP contribution in [0.1, 0.15) is 5.56 Å². The first-order chi connectivity index (χ1) is 7.56. The van der Waals surface area contributed by atoms with Crippen LogP contribution >= 0.6 is 0 Å². The molecule has 0 aliphatic carbocycles. The lowest BCUT2D eigenvalue weighted by Crippen LogP contribution is -2.35. The van der Waals surface area contributed by atoms with Gasteiger partial charge in [0, 0.05) is 22.8 Å². The van der Waals surface area contributed by atoms with E-state index in [0.29, 0.717) is 6.07 Å². The van der Waals surface area contributed by atoms with Crippen LogP contribution in [-0.2, 0) is 0 Å². The minimum atomic E-state index is -0.866. The van der Waals surface area contributed by atoms with Crippen molar-refractivity contribution >= 4 is 6.08 Å². The molecule has 0 aliphatic rings. The number of benzene rings is 1. The van der Waals surface area contributed by atoms with Crippen LogP contribution in [0.4, 0.5) is 8.78 Å². The molecule has 16 heavy (non-hydrogen) atoms. The Morgan fingerprint density at radius 3 is 2.38 bits per heavy atom. The molecule has 0 atom stereocenters. The summed E-state index contributed by atoms with van der Waals surface area (Å²) in [4.78, 5) is 22.3. The van der Waals surface area contributed by atoms with Crippen molar-refractivity contribution < 1.29 is 8.78 Å². The van der Waals surface area contributed by atoms with E-state index >= 15 is 0 Å². The molecule has 0 bridgehead atoms. The Morgan fingerprint density at radius 2 is 1.81 bits per heavy atom. The van der Waals surface area contributed by atoms with Crippen molar-refractivity contribution in [2.45, 2.75) is 0 Å². The Hall–Kier alpha value is -2.10. The van der Waals surface area contributed by atoms with E-state index in [1.54, 1.807) is 0 Å². The summed E-state index contributed by atoms with van der Waals surface area (Å²) >= 11 is 0. The average molecular weight is 220 g/mol. The fourth-order valence-corrected chi connectivity index (χ4v) is 1.56. The largest absolute Gasteiger partial charge is 0.285 e. The highest BCUT2D eigenvalue weighted by molar-refractivity contribution is 5.78. The van der Waals surface area contributed by atoms with E-state index in [9.17, 15) is 18.4 Å². The zero-order valence-corrected chi connectivity index (χ0v) is 8.09. The number of halogens is 2. The molecule has 80 valence electrons. The Bertz CT molecular complexity index is 649. The van der Waals surface area contributed by atoms with Gasteiger partial charge < -0.3 is 0 Å².